The molecule has 188 valence electrons. The standard InChI is InChI=1S/C28H20F3NO5/c1-3-13-36-21-12-11-16(14-22(21)35-2)24-23-25(33)19-9-4-5-10-20(19)37-26(23)27(34)32(24)18-8-6-7-17(15-18)28(29,30)31/h3-12,14-15,24H,1,13H2,2H3. The van der Waals surface area contributed by atoms with Gasteiger partial charge in [-0.1, -0.05) is 36.9 Å². The first kappa shape index (κ1) is 24.2. The van der Waals surface area contributed by atoms with Gasteiger partial charge >= 0.3 is 6.18 Å². The first-order chi connectivity index (χ1) is 17.7. The summed E-state index contributed by atoms with van der Waals surface area (Å²) in [6.07, 6.45) is -3.07. The number of benzene rings is 3. The Morgan fingerprint density at radius 2 is 1.81 bits per heavy atom. The van der Waals surface area contributed by atoms with E-state index in [9.17, 15) is 22.8 Å². The Balaban J connectivity index is 1.76. The molecule has 1 atom stereocenters. The van der Waals surface area contributed by atoms with Crippen LogP contribution in [-0.4, -0.2) is 19.6 Å². The van der Waals surface area contributed by atoms with E-state index in [1.807, 2.05) is 0 Å². The maximum absolute atomic E-state index is 13.6. The Labute approximate surface area is 209 Å². The van der Waals surface area contributed by atoms with E-state index in [0.29, 0.717) is 17.1 Å². The SMILES string of the molecule is C=CCOc1ccc(C2c3c(oc4ccccc4c3=O)C(=O)N2c2cccc(C(F)(F)F)c2)cc1OC. The average molecular weight is 507 g/mol. The number of alkyl halides is 3. The summed E-state index contributed by atoms with van der Waals surface area (Å²) in [6, 6.07) is 14.6. The third-order valence-electron chi connectivity index (χ3n) is 6.09. The molecule has 0 radical (unpaired) electrons. The molecule has 0 aliphatic carbocycles. The average Bonchev–Trinajstić information content (AvgIpc) is 3.19. The van der Waals surface area contributed by atoms with Gasteiger partial charge in [-0.15, -0.1) is 0 Å². The number of carbonyl (C=O) groups excluding carboxylic acids is 1. The number of para-hydroxylation sites is 1. The summed E-state index contributed by atoms with van der Waals surface area (Å²) in [5.41, 5.74) is -0.753. The summed E-state index contributed by atoms with van der Waals surface area (Å²) in [5, 5.41) is 0.253. The lowest BCUT2D eigenvalue weighted by atomic mass is 9.97. The molecule has 4 aromatic rings. The van der Waals surface area contributed by atoms with Crippen LogP contribution in [0.1, 0.15) is 33.3 Å². The number of carbonyl (C=O) groups is 1. The van der Waals surface area contributed by atoms with Gasteiger partial charge < -0.3 is 13.9 Å². The van der Waals surface area contributed by atoms with Crippen molar-refractivity contribution in [2.45, 2.75) is 12.2 Å². The van der Waals surface area contributed by atoms with Crippen LogP contribution in [0.4, 0.5) is 18.9 Å². The molecule has 1 unspecified atom stereocenters. The van der Waals surface area contributed by atoms with Crippen molar-refractivity contribution in [1.29, 1.82) is 0 Å². The van der Waals surface area contributed by atoms with E-state index in [4.69, 9.17) is 13.9 Å². The molecule has 3 aromatic carbocycles. The highest BCUT2D eigenvalue weighted by atomic mass is 19.4. The lowest BCUT2D eigenvalue weighted by molar-refractivity contribution is -0.137. The smallest absolute Gasteiger partial charge is 0.416 e. The van der Waals surface area contributed by atoms with Crippen LogP contribution >= 0.6 is 0 Å². The van der Waals surface area contributed by atoms with Gasteiger partial charge in [0.1, 0.15) is 12.2 Å². The fourth-order valence-corrected chi connectivity index (χ4v) is 4.46. The predicted octanol–water partition coefficient (Wildman–Crippen LogP) is 6.14. The Kier molecular flexibility index (Phi) is 5.99. The van der Waals surface area contributed by atoms with Crippen LogP contribution in [0, 0.1) is 0 Å². The number of ether oxygens (including phenoxy) is 2. The number of anilines is 1. The van der Waals surface area contributed by atoms with Gasteiger partial charge in [0.15, 0.2) is 16.9 Å². The maximum atomic E-state index is 13.6. The molecule has 5 rings (SSSR count). The van der Waals surface area contributed by atoms with Crippen molar-refractivity contribution in [3.8, 4) is 11.5 Å². The van der Waals surface area contributed by atoms with Crippen molar-refractivity contribution in [1.82, 2.24) is 0 Å². The minimum Gasteiger partial charge on any atom is -0.493 e. The molecule has 1 aromatic heterocycles. The number of hydrogen-bond acceptors (Lipinski definition) is 5. The van der Waals surface area contributed by atoms with Gasteiger partial charge in [0.25, 0.3) is 5.91 Å². The van der Waals surface area contributed by atoms with Gasteiger partial charge in [0.05, 0.1) is 29.7 Å². The molecule has 37 heavy (non-hydrogen) atoms. The van der Waals surface area contributed by atoms with Gasteiger partial charge in [-0.3, -0.25) is 14.5 Å². The molecular weight excluding hydrogens is 487 g/mol. The van der Waals surface area contributed by atoms with Crippen molar-refractivity contribution < 1.29 is 31.9 Å². The number of hydrogen-bond donors (Lipinski definition) is 0. The summed E-state index contributed by atoms with van der Waals surface area (Å²) < 4.78 is 57.5. The molecule has 1 amide bonds. The number of rotatable bonds is 6. The van der Waals surface area contributed by atoms with Crippen LogP contribution in [0.15, 0.2) is 88.6 Å². The van der Waals surface area contributed by atoms with E-state index in [2.05, 4.69) is 6.58 Å². The molecule has 0 bridgehead atoms. The molecule has 2 heterocycles. The zero-order valence-electron chi connectivity index (χ0n) is 19.5. The first-order valence-electron chi connectivity index (χ1n) is 11.2. The Bertz CT molecular complexity index is 1590. The number of fused-ring (bicyclic) bond motifs is 2. The fourth-order valence-electron chi connectivity index (χ4n) is 4.46. The van der Waals surface area contributed by atoms with Crippen LogP contribution in [0.5, 0.6) is 11.5 Å². The van der Waals surface area contributed by atoms with Crippen molar-refractivity contribution >= 4 is 22.6 Å². The van der Waals surface area contributed by atoms with Gasteiger partial charge in [-0.05, 0) is 48.0 Å². The maximum Gasteiger partial charge on any atom is 0.416 e. The summed E-state index contributed by atoms with van der Waals surface area (Å²) in [6.45, 7) is 3.83. The van der Waals surface area contributed by atoms with Crippen LogP contribution < -0.4 is 19.8 Å². The summed E-state index contributed by atoms with van der Waals surface area (Å²) in [7, 11) is 1.43. The largest absolute Gasteiger partial charge is 0.493 e. The summed E-state index contributed by atoms with van der Waals surface area (Å²) >= 11 is 0. The third kappa shape index (κ3) is 4.12. The van der Waals surface area contributed by atoms with Crippen LogP contribution in [-0.2, 0) is 6.18 Å². The quantitative estimate of drug-likeness (QED) is 0.294. The summed E-state index contributed by atoms with van der Waals surface area (Å²) in [5.74, 6) is -0.244. The lowest BCUT2D eigenvalue weighted by Gasteiger charge is -2.26. The highest BCUT2D eigenvalue weighted by molar-refractivity contribution is 6.10. The second-order valence-corrected chi connectivity index (χ2v) is 8.31. The first-order valence-corrected chi connectivity index (χ1v) is 11.2. The second-order valence-electron chi connectivity index (χ2n) is 8.31. The number of halogens is 3. The molecule has 9 heteroatoms. The normalized spacial score (nSPS) is 15.1. The minimum atomic E-state index is -4.63. The number of amides is 1. The second kappa shape index (κ2) is 9.16. The van der Waals surface area contributed by atoms with Crippen molar-refractivity contribution in [2.24, 2.45) is 0 Å². The van der Waals surface area contributed by atoms with Crippen molar-refractivity contribution in [3.63, 3.8) is 0 Å². The van der Waals surface area contributed by atoms with E-state index in [0.717, 1.165) is 17.0 Å². The monoisotopic (exact) mass is 507 g/mol. The van der Waals surface area contributed by atoms with Crippen molar-refractivity contribution in [3.05, 3.63) is 112 Å². The van der Waals surface area contributed by atoms with Gasteiger partial charge in [0, 0.05) is 5.69 Å². The predicted molar refractivity (Wildman–Crippen MR) is 131 cm³/mol. The van der Waals surface area contributed by atoms with Gasteiger partial charge in [-0.25, -0.2) is 0 Å². The summed E-state index contributed by atoms with van der Waals surface area (Å²) in [4.78, 5) is 28.4. The highest BCUT2D eigenvalue weighted by Gasteiger charge is 2.44. The molecule has 6 nitrogen and oxygen atoms in total. The Hall–Kier alpha value is -4.53. The van der Waals surface area contributed by atoms with E-state index < -0.39 is 29.1 Å². The molecule has 0 N–H and O–H groups in total. The van der Waals surface area contributed by atoms with E-state index in [-0.39, 0.29) is 34.6 Å². The molecule has 0 saturated carbocycles. The van der Waals surface area contributed by atoms with Crippen LogP contribution in [0.3, 0.4) is 0 Å². The third-order valence-corrected chi connectivity index (χ3v) is 6.09. The van der Waals surface area contributed by atoms with E-state index in [1.165, 1.54) is 19.2 Å². The molecule has 0 spiro atoms. The highest BCUT2D eigenvalue weighted by Crippen LogP contribution is 2.44. The van der Waals surface area contributed by atoms with Crippen LogP contribution in [0.2, 0.25) is 0 Å². The lowest BCUT2D eigenvalue weighted by Crippen LogP contribution is -2.29. The van der Waals surface area contributed by atoms with Crippen LogP contribution in [0.25, 0.3) is 11.0 Å². The van der Waals surface area contributed by atoms with Gasteiger partial charge in [-0.2, -0.15) is 13.2 Å². The molecular formula is C28H20F3NO5. The molecule has 0 saturated heterocycles. The van der Waals surface area contributed by atoms with Crippen molar-refractivity contribution in [2.75, 3.05) is 18.6 Å². The van der Waals surface area contributed by atoms with E-state index >= 15 is 0 Å². The van der Waals surface area contributed by atoms with Gasteiger partial charge in [0.2, 0.25) is 5.76 Å². The zero-order valence-corrected chi connectivity index (χ0v) is 19.5. The van der Waals surface area contributed by atoms with E-state index in [1.54, 1.807) is 48.5 Å². The fraction of sp³-hybridized carbons (Fsp3) is 0.143. The zero-order chi connectivity index (χ0) is 26.3. The molecule has 1 aliphatic heterocycles. The minimum absolute atomic E-state index is 0.0305. The number of nitrogens with zero attached hydrogens (tertiary/aromatic N) is 1. The molecule has 1 aliphatic rings. The Morgan fingerprint density at radius 1 is 1.03 bits per heavy atom. The number of methoxy groups -OCH3 is 1. The topological polar surface area (TPSA) is 69.0 Å². The molecule has 0 fully saturated rings. The Morgan fingerprint density at radius 3 is 2.54 bits per heavy atom.